The van der Waals surface area contributed by atoms with Crippen LogP contribution in [0.15, 0.2) is 12.6 Å². The molecule has 1 aromatic carbocycles. The molecule has 6 heteroatoms. The van der Waals surface area contributed by atoms with Crippen LogP contribution in [0.2, 0.25) is 5.02 Å². The Kier molecular flexibility index (Phi) is 3.73. The summed E-state index contributed by atoms with van der Waals surface area (Å²) in [6, 6.07) is 1.25. The Morgan fingerprint density at radius 3 is 2.50 bits per heavy atom. The van der Waals surface area contributed by atoms with Gasteiger partial charge in [-0.05, 0) is 0 Å². The fraction of sp³-hybridized carbons (Fsp3) is 0.200. The summed E-state index contributed by atoms with van der Waals surface area (Å²) in [5, 5.41) is 10.9. The van der Waals surface area contributed by atoms with Crippen LogP contribution >= 0.6 is 11.6 Å². The summed E-state index contributed by atoms with van der Waals surface area (Å²) >= 11 is 5.96. The van der Waals surface area contributed by atoms with Gasteiger partial charge in [0.1, 0.15) is 5.02 Å². The molecule has 0 heterocycles. The molecule has 0 saturated carbocycles. The molecule has 0 amide bonds. The zero-order valence-corrected chi connectivity index (χ0v) is 9.58. The zero-order valence-electron chi connectivity index (χ0n) is 8.82. The third-order valence-electron chi connectivity index (χ3n) is 2.03. The van der Waals surface area contributed by atoms with Crippen LogP contribution < -0.4 is 9.47 Å². The van der Waals surface area contributed by atoms with Crippen molar-refractivity contribution in [2.45, 2.75) is 0 Å². The molecule has 5 nitrogen and oxygen atoms in total. The molecule has 0 N–H and O–H groups in total. The van der Waals surface area contributed by atoms with Crippen molar-refractivity contribution < 1.29 is 14.4 Å². The van der Waals surface area contributed by atoms with Gasteiger partial charge in [0, 0.05) is 0 Å². The fourth-order valence-electron chi connectivity index (χ4n) is 1.30. The van der Waals surface area contributed by atoms with E-state index in [1.54, 1.807) is 0 Å². The molecule has 16 heavy (non-hydrogen) atoms. The van der Waals surface area contributed by atoms with Crippen molar-refractivity contribution in [3.05, 3.63) is 33.3 Å². The van der Waals surface area contributed by atoms with Gasteiger partial charge in [0.25, 0.3) is 5.69 Å². The second kappa shape index (κ2) is 4.85. The predicted octanol–water partition coefficient (Wildman–Crippen LogP) is 2.91. The number of hydrogen-bond donors (Lipinski definition) is 0. The molecule has 86 valence electrons. The van der Waals surface area contributed by atoms with Gasteiger partial charge in [-0.1, -0.05) is 24.3 Å². The summed E-state index contributed by atoms with van der Waals surface area (Å²) in [5.74, 6) is 0.467. The van der Waals surface area contributed by atoms with E-state index in [1.807, 2.05) is 0 Å². The topological polar surface area (TPSA) is 61.6 Å². The molecular formula is C10H10ClNO4. The monoisotopic (exact) mass is 243 g/mol. The van der Waals surface area contributed by atoms with Crippen LogP contribution in [0.1, 0.15) is 5.56 Å². The van der Waals surface area contributed by atoms with Crippen LogP contribution in [-0.2, 0) is 0 Å². The maximum absolute atomic E-state index is 10.8. The minimum absolute atomic E-state index is 0.114. The molecule has 0 spiro atoms. The highest BCUT2D eigenvalue weighted by atomic mass is 35.5. The van der Waals surface area contributed by atoms with Gasteiger partial charge >= 0.3 is 0 Å². The van der Waals surface area contributed by atoms with Crippen molar-refractivity contribution in [3.8, 4) is 11.5 Å². The lowest BCUT2D eigenvalue weighted by Gasteiger charge is -2.11. The number of hydrogen-bond acceptors (Lipinski definition) is 4. The summed E-state index contributed by atoms with van der Waals surface area (Å²) in [4.78, 5) is 10.3. The van der Waals surface area contributed by atoms with Crippen molar-refractivity contribution in [2.75, 3.05) is 14.2 Å². The molecule has 0 atom stereocenters. The lowest BCUT2D eigenvalue weighted by atomic mass is 10.1. The minimum atomic E-state index is -0.551. The van der Waals surface area contributed by atoms with Gasteiger partial charge in [0.05, 0.1) is 30.8 Å². The number of nitro benzene ring substituents is 1. The van der Waals surface area contributed by atoms with E-state index in [0.717, 1.165) is 0 Å². The second-order valence-electron chi connectivity index (χ2n) is 2.82. The third-order valence-corrected chi connectivity index (χ3v) is 2.40. The number of rotatable bonds is 4. The van der Waals surface area contributed by atoms with Gasteiger partial charge in [-0.2, -0.15) is 0 Å². The molecule has 0 aliphatic carbocycles. The number of halogens is 1. The molecule has 1 rings (SSSR count). The van der Waals surface area contributed by atoms with Crippen LogP contribution in [0.25, 0.3) is 6.08 Å². The Hall–Kier alpha value is -1.75. The maximum atomic E-state index is 10.8. The highest BCUT2D eigenvalue weighted by molar-refractivity contribution is 6.34. The van der Waals surface area contributed by atoms with Gasteiger partial charge in [0.15, 0.2) is 11.5 Å². The fourth-order valence-corrected chi connectivity index (χ4v) is 1.64. The van der Waals surface area contributed by atoms with E-state index in [-0.39, 0.29) is 27.8 Å². The van der Waals surface area contributed by atoms with Crippen LogP contribution in [0.4, 0.5) is 5.69 Å². The molecule has 0 aliphatic rings. The van der Waals surface area contributed by atoms with E-state index in [4.69, 9.17) is 21.1 Å². The summed E-state index contributed by atoms with van der Waals surface area (Å²) in [6.45, 7) is 3.48. The predicted molar refractivity (Wildman–Crippen MR) is 61.3 cm³/mol. The number of ether oxygens (including phenoxy) is 2. The SMILES string of the molecule is C=Cc1c([N+](=O)[O-])cc(OC)c(OC)c1Cl. The minimum Gasteiger partial charge on any atom is -0.493 e. The summed E-state index contributed by atoms with van der Waals surface area (Å²) in [7, 11) is 2.79. The van der Waals surface area contributed by atoms with E-state index < -0.39 is 4.92 Å². The Morgan fingerprint density at radius 2 is 2.12 bits per heavy atom. The molecule has 0 saturated heterocycles. The zero-order chi connectivity index (χ0) is 12.3. The number of methoxy groups -OCH3 is 2. The van der Waals surface area contributed by atoms with E-state index >= 15 is 0 Å². The summed E-state index contributed by atoms with van der Waals surface area (Å²) in [5.41, 5.74) is 0.0435. The smallest absolute Gasteiger partial charge is 0.282 e. The van der Waals surface area contributed by atoms with E-state index in [0.29, 0.717) is 0 Å². The van der Waals surface area contributed by atoms with Gasteiger partial charge in [0.2, 0.25) is 0 Å². The molecule has 0 bridgehead atoms. The lowest BCUT2D eigenvalue weighted by Crippen LogP contribution is -1.98. The molecule has 0 aliphatic heterocycles. The van der Waals surface area contributed by atoms with Gasteiger partial charge in [-0.15, -0.1) is 0 Å². The molecule has 0 aromatic heterocycles. The molecule has 1 aromatic rings. The molecular weight excluding hydrogens is 234 g/mol. The largest absolute Gasteiger partial charge is 0.493 e. The first-order chi connectivity index (χ1) is 7.56. The third kappa shape index (κ3) is 1.94. The van der Waals surface area contributed by atoms with Crippen LogP contribution in [0, 0.1) is 10.1 Å². The summed E-state index contributed by atoms with van der Waals surface area (Å²) in [6.07, 6.45) is 1.31. The normalized spacial score (nSPS) is 9.69. The van der Waals surface area contributed by atoms with Crippen molar-refractivity contribution in [2.24, 2.45) is 0 Å². The molecule has 0 radical (unpaired) electrons. The quantitative estimate of drug-likeness (QED) is 0.603. The van der Waals surface area contributed by atoms with Crippen molar-refractivity contribution >= 4 is 23.4 Å². The molecule has 0 unspecified atom stereocenters. The number of nitrogens with zero attached hydrogens (tertiary/aromatic N) is 1. The summed E-state index contributed by atoms with van der Waals surface area (Å²) < 4.78 is 9.98. The average Bonchev–Trinajstić information content (AvgIpc) is 2.27. The average molecular weight is 244 g/mol. The maximum Gasteiger partial charge on any atom is 0.282 e. The Bertz CT molecular complexity index is 445. The Labute approximate surface area is 97.4 Å². The van der Waals surface area contributed by atoms with Crippen LogP contribution in [-0.4, -0.2) is 19.1 Å². The number of nitro groups is 1. The van der Waals surface area contributed by atoms with E-state index in [9.17, 15) is 10.1 Å². The first-order valence-corrected chi connectivity index (χ1v) is 4.65. The van der Waals surface area contributed by atoms with E-state index in [1.165, 1.54) is 26.4 Å². The Morgan fingerprint density at radius 1 is 1.50 bits per heavy atom. The standard InChI is InChI=1S/C10H10ClNO4/c1-4-6-7(12(13)14)5-8(15-2)10(16-3)9(6)11/h4-5H,1H2,2-3H3. The second-order valence-corrected chi connectivity index (χ2v) is 3.20. The number of benzene rings is 1. The first kappa shape index (κ1) is 12.3. The molecule has 0 fully saturated rings. The first-order valence-electron chi connectivity index (χ1n) is 4.28. The van der Waals surface area contributed by atoms with Crippen LogP contribution in [0.3, 0.4) is 0 Å². The van der Waals surface area contributed by atoms with Crippen molar-refractivity contribution in [1.82, 2.24) is 0 Å². The highest BCUT2D eigenvalue weighted by Gasteiger charge is 2.22. The van der Waals surface area contributed by atoms with Crippen molar-refractivity contribution in [1.29, 1.82) is 0 Å². The van der Waals surface area contributed by atoms with Crippen molar-refractivity contribution in [3.63, 3.8) is 0 Å². The highest BCUT2D eigenvalue weighted by Crippen LogP contribution is 2.42. The lowest BCUT2D eigenvalue weighted by molar-refractivity contribution is -0.385. The Balaban J connectivity index is 3.60. The van der Waals surface area contributed by atoms with Gasteiger partial charge < -0.3 is 9.47 Å². The van der Waals surface area contributed by atoms with E-state index in [2.05, 4.69) is 6.58 Å². The van der Waals surface area contributed by atoms with Gasteiger partial charge in [-0.25, -0.2) is 0 Å². The van der Waals surface area contributed by atoms with Gasteiger partial charge in [-0.3, -0.25) is 10.1 Å². The van der Waals surface area contributed by atoms with Crippen LogP contribution in [0.5, 0.6) is 11.5 Å².